The number of nitro groups is 1. The van der Waals surface area contributed by atoms with Crippen LogP contribution in [0.15, 0.2) is 77.2 Å². The van der Waals surface area contributed by atoms with Crippen molar-refractivity contribution in [1.82, 2.24) is 5.32 Å². The summed E-state index contributed by atoms with van der Waals surface area (Å²) in [6.07, 6.45) is 0.910. The van der Waals surface area contributed by atoms with Crippen LogP contribution in [0.25, 0.3) is 0 Å². The predicted octanol–water partition coefficient (Wildman–Crippen LogP) is 4.16. The molecule has 0 saturated carbocycles. The Morgan fingerprint density at radius 3 is 1.80 bits per heavy atom. The van der Waals surface area contributed by atoms with Crippen molar-refractivity contribution in [2.45, 2.75) is 13.1 Å². The highest BCUT2D eigenvalue weighted by molar-refractivity contribution is 5.73. The van der Waals surface area contributed by atoms with Crippen molar-refractivity contribution in [2.75, 3.05) is 0 Å². The van der Waals surface area contributed by atoms with Crippen LogP contribution in [0, 0.1) is 15.5 Å². The van der Waals surface area contributed by atoms with Gasteiger partial charge in [0.15, 0.2) is 5.76 Å². The van der Waals surface area contributed by atoms with Gasteiger partial charge < -0.3 is 15.1 Å². The van der Waals surface area contributed by atoms with E-state index in [2.05, 4.69) is 58.3 Å². The molecule has 2 N–H and O–H groups in total. The molecule has 0 aliphatic carbocycles. The third-order valence-electron chi connectivity index (χ3n) is 3.28. The van der Waals surface area contributed by atoms with Crippen LogP contribution in [0.2, 0.25) is 0 Å². The summed E-state index contributed by atoms with van der Waals surface area (Å²) in [5.41, 5.74) is 2.65. The van der Waals surface area contributed by atoms with Crippen molar-refractivity contribution in [3.8, 4) is 0 Å². The van der Waals surface area contributed by atoms with Gasteiger partial charge in [-0.1, -0.05) is 60.7 Å². The topological polar surface area (TPSA) is 92.2 Å². The number of rotatable bonds is 6. The Morgan fingerprint density at radius 1 is 0.920 bits per heavy atom. The number of benzene rings is 2. The molecule has 0 aliphatic heterocycles. The van der Waals surface area contributed by atoms with Crippen molar-refractivity contribution in [1.29, 1.82) is 5.41 Å². The maximum Gasteiger partial charge on any atom is 0.433 e. The van der Waals surface area contributed by atoms with Crippen LogP contribution in [0.1, 0.15) is 16.9 Å². The fraction of sp³-hybridized carbons (Fsp3) is 0.105. The van der Waals surface area contributed by atoms with E-state index in [-0.39, 0.29) is 11.6 Å². The van der Waals surface area contributed by atoms with Crippen molar-refractivity contribution in [3.63, 3.8) is 0 Å². The maximum absolute atomic E-state index is 9.97. The zero-order chi connectivity index (χ0) is 17.9. The smallest absolute Gasteiger partial charge is 0.400 e. The van der Waals surface area contributed by atoms with Crippen LogP contribution in [-0.2, 0) is 13.1 Å². The highest BCUT2D eigenvalue weighted by Gasteiger charge is 2.09. The normalized spacial score (nSPS) is 9.76. The summed E-state index contributed by atoms with van der Waals surface area (Å²) in [7, 11) is 0. The molecule has 0 fully saturated rings. The van der Waals surface area contributed by atoms with Crippen LogP contribution in [-0.4, -0.2) is 11.1 Å². The molecule has 6 heteroatoms. The lowest BCUT2D eigenvalue weighted by atomic mass is 10.2. The minimum Gasteiger partial charge on any atom is -0.400 e. The second-order valence-corrected chi connectivity index (χ2v) is 5.15. The third-order valence-corrected chi connectivity index (χ3v) is 3.28. The van der Waals surface area contributed by atoms with E-state index in [0.717, 1.165) is 19.3 Å². The van der Waals surface area contributed by atoms with E-state index in [1.165, 1.54) is 23.3 Å². The van der Waals surface area contributed by atoms with Gasteiger partial charge in [0.2, 0.25) is 0 Å². The lowest BCUT2D eigenvalue weighted by Crippen LogP contribution is -2.12. The lowest BCUT2D eigenvalue weighted by molar-refractivity contribution is -0.402. The minimum absolute atomic E-state index is 0.187. The van der Waals surface area contributed by atoms with Gasteiger partial charge in [-0.2, -0.15) is 0 Å². The van der Waals surface area contributed by atoms with Crippen LogP contribution < -0.4 is 5.32 Å². The average molecular weight is 337 g/mol. The monoisotopic (exact) mass is 337 g/mol. The van der Waals surface area contributed by atoms with Gasteiger partial charge in [-0.25, -0.2) is 0 Å². The van der Waals surface area contributed by atoms with Crippen LogP contribution in [0.5, 0.6) is 0 Å². The molecule has 0 atom stereocenters. The molecule has 1 heterocycles. The number of nitrogens with one attached hydrogen (secondary N) is 2. The van der Waals surface area contributed by atoms with E-state index in [4.69, 9.17) is 5.41 Å². The zero-order valence-corrected chi connectivity index (χ0v) is 13.6. The molecule has 1 aromatic heterocycles. The second-order valence-electron chi connectivity index (χ2n) is 5.15. The number of nitrogens with zero attached hydrogens (tertiary/aromatic N) is 1. The van der Waals surface area contributed by atoms with Gasteiger partial charge in [-0.05, 0) is 17.2 Å². The molecule has 0 amide bonds. The van der Waals surface area contributed by atoms with Gasteiger partial charge >= 0.3 is 5.88 Å². The molecule has 0 unspecified atom stereocenters. The molecular formula is C19H19N3O3. The first-order valence-corrected chi connectivity index (χ1v) is 7.72. The average Bonchev–Trinajstić information content (AvgIpc) is 3.14. The highest BCUT2D eigenvalue weighted by atomic mass is 16.6. The van der Waals surface area contributed by atoms with E-state index in [9.17, 15) is 10.1 Å². The first-order chi connectivity index (χ1) is 12.2. The van der Waals surface area contributed by atoms with Gasteiger partial charge in [0.1, 0.15) is 4.92 Å². The SMILES string of the molecule is N=Cc1ccc([N+](=O)[O-])o1.c1ccc(CNCc2ccccc2)cc1. The number of furan rings is 1. The van der Waals surface area contributed by atoms with Crippen LogP contribution >= 0.6 is 0 Å². The third kappa shape index (κ3) is 6.40. The maximum atomic E-state index is 9.97. The molecule has 0 spiro atoms. The molecule has 0 radical (unpaired) electrons. The molecule has 0 saturated heterocycles. The van der Waals surface area contributed by atoms with E-state index < -0.39 is 4.92 Å². The molecular weight excluding hydrogens is 318 g/mol. The molecule has 128 valence electrons. The van der Waals surface area contributed by atoms with E-state index >= 15 is 0 Å². The summed E-state index contributed by atoms with van der Waals surface area (Å²) in [5, 5.41) is 20.0. The van der Waals surface area contributed by atoms with Crippen LogP contribution in [0.4, 0.5) is 5.88 Å². The summed E-state index contributed by atoms with van der Waals surface area (Å²) in [4.78, 5) is 9.32. The Morgan fingerprint density at radius 2 is 1.44 bits per heavy atom. The molecule has 6 nitrogen and oxygen atoms in total. The van der Waals surface area contributed by atoms with Gasteiger partial charge in [-0.15, -0.1) is 0 Å². The van der Waals surface area contributed by atoms with Crippen molar-refractivity contribution < 1.29 is 9.34 Å². The van der Waals surface area contributed by atoms with E-state index in [1.807, 2.05) is 12.1 Å². The number of hydrogen-bond donors (Lipinski definition) is 2. The van der Waals surface area contributed by atoms with E-state index in [0.29, 0.717) is 0 Å². The summed E-state index contributed by atoms with van der Waals surface area (Å²) in [5.74, 6) is -0.148. The Balaban J connectivity index is 0.000000196. The van der Waals surface area contributed by atoms with E-state index in [1.54, 1.807) is 0 Å². The Hall–Kier alpha value is -3.25. The van der Waals surface area contributed by atoms with Crippen molar-refractivity contribution >= 4 is 12.1 Å². The number of hydrogen-bond acceptors (Lipinski definition) is 5. The summed E-state index contributed by atoms with van der Waals surface area (Å²) >= 11 is 0. The zero-order valence-electron chi connectivity index (χ0n) is 13.6. The quantitative estimate of drug-likeness (QED) is 0.401. The van der Waals surface area contributed by atoms with Crippen molar-refractivity contribution in [2.24, 2.45) is 0 Å². The molecule has 3 rings (SSSR count). The molecule has 25 heavy (non-hydrogen) atoms. The second kappa shape index (κ2) is 9.79. The summed E-state index contributed by atoms with van der Waals surface area (Å²) in [6.45, 7) is 1.85. The Labute approximate surface area is 145 Å². The molecule has 0 bridgehead atoms. The van der Waals surface area contributed by atoms with Gasteiger partial charge in [0, 0.05) is 13.1 Å². The highest BCUT2D eigenvalue weighted by Crippen LogP contribution is 2.13. The lowest BCUT2D eigenvalue weighted by Gasteiger charge is -2.04. The first-order valence-electron chi connectivity index (χ1n) is 7.72. The first kappa shape index (κ1) is 18.1. The molecule has 2 aromatic carbocycles. The Bertz CT molecular complexity index is 746. The van der Waals surface area contributed by atoms with Gasteiger partial charge in [0.25, 0.3) is 0 Å². The fourth-order valence-electron chi connectivity index (χ4n) is 2.06. The fourth-order valence-corrected chi connectivity index (χ4v) is 2.06. The van der Waals surface area contributed by atoms with Gasteiger partial charge in [0.05, 0.1) is 12.3 Å². The largest absolute Gasteiger partial charge is 0.433 e. The van der Waals surface area contributed by atoms with Crippen molar-refractivity contribution in [3.05, 3.63) is 99.8 Å². The van der Waals surface area contributed by atoms with Gasteiger partial charge in [-0.3, -0.25) is 10.1 Å². The minimum atomic E-state index is -0.646. The van der Waals surface area contributed by atoms with Crippen LogP contribution in [0.3, 0.4) is 0 Å². The molecule has 3 aromatic rings. The standard InChI is InChI=1S/C14H15N.C5H4N2O3/c1-3-7-13(8-4-1)11-15-12-14-9-5-2-6-10-14;6-3-4-1-2-5(10-4)7(8)9/h1-10,15H,11-12H2;1-3,6H. The summed E-state index contributed by atoms with van der Waals surface area (Å²) in [6, 6.07) is 23.5. The Kier molecular flexibility index (Phi) is 7.09. The predicted molar refractivity (Wildman–Crippen MR) is 96.7 cm³/mol. The molecule has 0 aliphatic rings. The summed E-state index contributed by atoms with van der Waals surface area (Å²) < 4.78 is 4.55.